The molecular formula is C35H38F2N8O4S. The third-order valence-electron chi connectivity index (χ3n) is 11.2. The third-order valence-corrected chi connectivity index (χ3v) is 12.2. The van der Waals surface area contributed by atoms with Crippen molar-refractivity contribution < 1.29 is 28.1 Å². The van der Waals surface area contributed by atoms with E-state index in [1.54, 1.807) is 7.11 Å². The molecule has 4 fully saturated rings. The van der Waals surface area contributed by atoms with Gasteiger partial charge >= 0.3 is 6.01 Å². The third kappa shape index (κ3) is 5.18. The fourth-order valence-corrected chi connectivity index (χ4v) is 9.43. The Morgan fingerprint density at radius 3 is 2.56 bits per heavy atom. The first kappa shape index (κ1) is 32.1. The van der Waals surface area contributed by atoms with Gasteiger partial charge in [0.15, 0.2) is 11.6 Å². The number of methoxy groups -OCH3 is 1. The van der Waals surface area contributed by atoms with Gasteiger partial charge < -0.3 is 30.0 Å². The SMILES string of the molecule is COCCN1CC2CCC(C1)N2c1nc(OCC2(CN3CC(O)C3)CC2)nc2c(F)c(-c3ncc(F)c4sc(N)c(C#N)c34)c3c(c12)COC3. The van der Waals surface area contributed by atoms with Crippen LogP contribution >= 0.6 is 11.3 Å². The summed E-state index contributed by atoms with van der Waals surface area (Å²) in [5, 5.41) is 20.7. The van der Waals surface area contributed by atoms with Crippen molar-refractivity contribution in [2.75, 3.05) is 70.2 Å². The van der Waals surface area contributed by atoms with Crippen LogP contribution in [0.5, 0.6) is 6.01 Å². The monoisotopic (exact) mass is 704 g/mol. The maximum Gasteiger partial charge on any atom is 0.319 e. The van der Waals surface area contributed by atoms with E-state index in [1.807, 2.05) is 0 Å². The Labute approximate surface area is 291 Å². The molecule has 1 aromatic carbocycles. The van der Waals surface area contributed by atoms with Crippen LogP contribution in [0.3, 0.4) is 0 Å². The number of aliphatic hydroxyl groups excluding tert-OH is 1. The number of likely N-dealkylation sites (tertiary alicyclic amines) is 2. The van der Waals surface area contributed by atoms with Crippen molar-refractivity contribution in [3.63, 3.8) is 0 Å². The van der Waals surface area contributed by atoms with Crippen LogP contribution in [-0.2, 0) is 22.7 Å². The highest BCUT2D eigenvalue weighted by Crippen LogP contribution is 2.50. The molecular weight excluding hydrogens is 666 g/mol. The van der Waals surface area contributed by atoms with Gasteiger partial charge in [-0.3, -0.25) is 14.8 Å². The van der Waals surface area contributed by atoms with Crippen LogP contribution in [0, 0.1) is 28.4 Å². The average molecular weight is 705 g/mol. The zero-order valence-corrected chi connectivity index (χ0v) is 28.6. The summed E-state index contributed by atoms with van der Waals surface area (Å²) in [7, 11) is 1.71. The first-order chi connectivity index (χ1) is 24.3. The van der Waals surface area contributed by atoms with E-state index < -0.39 is 11.6 Å². The molecule has 2 bridgehead atoms. The van der Waals surface area contributed by atoms with Gasteiger partial charge in [-0.1, -0.05) is 0 Å². The number of nitrogen functional groups attached to an aromatic ring is 1. The van der Waals surface area contributed by atoms with Crippen molar-refractivity contribution in [1.29, 1.82) is 5.26 Å². The number of nitrogens with two attached hydrogens (primary N) is 1. The minimum absolute atomic E-state index is 0.0592. The van der Waals surface area contributed by atoms with Gasteiger partial charge in [0.05, 0.1) is 60.1 Å². The fourth-order valence-electron chi connectivity index (χ4n) is 8.51. The minimum Gasteiger partial charge on any atom is -0.463 e. The molecule has 15 heteroatoms. The summed E-state index contributed by atoms with van der Waals surface area (Å²) in [4.78, 5) is 21.2. The maximum absolute atomic E-state index is 17.5. The number of hydrogen-bond donors (Lipinski definition) is 2. The molecule has 9 rings (SSSR count). The van der Waals surface area contributed by atoms with Crippen molar-refractivity contribution in [1.82, 2.24) is 24.8 Å². The molecule has 4 aromatic rings. The second-order valence-corrected chi connectivity index (χ2v) is 15.5. The highest BCUT2D eigenvalue weighted by atomic mass is 32.1. The Kier molecular flexibility index (Phi) is 7.83. The van der Waals surface area contributed by atoms with E-state index in [4.69, 9.17) is 29.9 Å². The molecule has 12 nitrogen and oxygen atoms in total. The van der Waals surface area contributed by atoms with Crippen LogP contribution in [0.1, 0.15) is 42.4 Å². The first-order valence-corrected chi connectivity index (χ1v) is 18.0. The van der Waals surface area contributed by atoms with Crippen LogP contribution in [0.25, 0.3) is 32.2 Å². The highest BCUT2D eigenvalue weighted by molar-refractivity contribution is 7.23. The molecule has 4 aliphatic heterocycles. The lowest BCUT2D eigenvalue weighted by Crippen LogP contribution is -2.54. The van der Waals surface area contributed by atoms with Crippen LogP contribution in [0.15, 0.2) is 6.20 Å². The number of β-amino-alcohol motifs (C(OH)–C–C–N with tert-alkyl or cyclic N) is 1. The lowest BCUT2D eigenvalue weighted by molar-refractivity contribution is -0.0142. The molecule has 2 unspecified atom stereocenters. The fraction of sp³-hybridized carbons (Fsp3) is 0.543. The number of benzene rings is 1. The van der Waals surface area contributed by atoms with Gasteiger partial charge in [0.1, 0.15) is 22.4 Å². The van der Waals surface area contributed by atoms with E-state index in [9.17, 15) is 10.4 Å². The summed E-state index contributed by atoms with van der Waals surface area (Å²) in [6.07, 6.45) is 4.72. The molecule has 0 radical (unpaired) electrons. The van der Waals surface area contributed by atoms with Crippen molar-refractivity contribution in [3.8, 4) is 23.3 Å². The summed E-state index contributed by atoms with van der Waals surface area (Å²) < 4.78 is 50.4. The molecule has 3 saturated heterocycles. The summed E-state index contributed by atoms with van der Waals surface area (Å²) >= 11 is 0.947. The van der Waals surface area contributed by atoms with Crippen molar-refractivity contribution in [2.24, 2.45) is 5.41 Å². The number of ether oxygens (including phenoxy) is 3. The summed E-state index contributed by atoms with van der Waals surface area (Å²) in [5.41, 5.74) is 7.85. The van der Waals surface area contributed by atoms with Crippen molar-refractivity contribution >= 4 is 43.1 Å². The standard InChI is InChI=1S/C35H38F2N8O4S/c1-47-7-6-43-10-18-2-3-19(11-43)45(18)33-27-23-15-48-14-22(23)25(29-26-21(8-38)32(39)50-31(26)24(36)9-40-29)28(37)30(27)41-34(42-33)49-17-35(4-5-35)16-44-12-20(46)13-44/h9,18-20,46H,2-7,10-17,39H2,1H3. The van der Waals surface area contributed by atoms with Crippen molar-refractivity contribution in [3.05, 3.63) is 34.5 Å². The molecule has 2 atom stereocenters. The number of nitriles is 1. The number of pyridine rings is 1. The Balaban J connectivity index is 1.20. The molecule has 50 heavy (non-hydrogen) atoms. The molecule has 1 saturated carbocycles. The Morgan fingerprint density at radius 1 is 1.10 bits per heavy atom. The number of anilines is 2. The first-order valence-electron chi connectivity index (χ1n) is 17.2. The smallest absolute Gasteiger partial charge is 0.319 e. The zero-order valence-electron chi connectivity index (χ0n) is 27.8. The predicted molar refractivity (Wildman–Crippen MR) is 183 cm³/mol. The van der Waals surface area contributed by atoms with Gasteiger partial charge in [-0.05, 0) is 36.8 Å². The average Bonchev–Trinajstić information content (AvgIpc) is 3.38. The molecule has 262 valence electrons. The normalized spacial score (nSPS) is 23.1. The van der Waals surface area contributed by atoms with Crippen LogP contribution in [-0.4, -0.2) is 108 Å². The number of fused-ring (bicyclic) bond motifs is 6. The summed E-state index contributed by atoms with van der Waals surface area (Å²) in [6, 6.07) is 2.50. The van der Waals surface area contributed by atoms with Gasteiger partial charge in [-0.2, -0.15) is 15.2 Å². The lowest BCUT2D eigenvalue weighted by Gasteiger charge is -2.42. The minimum atomic E-state index is -0.645. The topological polar surface area (TPSA) is 146 Å². The Bertz CT molecular complexity index is 2050. The quantitative estimate of drug-likeness (QED) is 0.248. The number of piperazine rings is 1. The largest absolute Gasteiger partial charge is 0.463 e. The molecule has 0 amide bonds. The van der Waals surface area contributed by atoms with Gasteiger partial charge in [-0.15, -0.1) is 11.3 Å². The van der Waals surface area contributed by atoms with E-state index in [2.05, 4.69) is 25.8 Å². The molecule has 1 aliphatic carbocycles. The van der Waals surface area contributed by atoms with Gasteiger partial charge in [0.2, 0.25) is 0 Å². The molecule has 0 spiro atoms. The van der Waals surface area contributed by atoms with E-state index in [0.717, 1.165) is 75.0 Å². The van der Waals surface area contributed by atoms with E-state index in [1.165, 1.54) is 0 Å². The van der Waals surface area contributed by atoms with E-state index in [-0.39, 0.29) is 80.3 Å². The van der Waals surface area contributed by atoms with Gasteiger partial charge in [-0.25, -0.2) is 8.78 Å². The van der Waals surface area contributed by atoms with Crippen LogP contribution in [0.2, 0.25) is 0 Å². The highest BCUT2D eigenvalue weighted by Gasteiger charge is 2.47. The van der Waals surface area contributed by atoms with E-state index >= 15 is 8.78 Å². The number of hydrogen-bond acceptors (Lipinski definition) is 13. The van der Waals surface area contributed by atoms with E-state index in [0.29, 0.717) is 43.1 Å². The number of aromatic nitrogens is 3. The number of rotatable bonds is 10. The summed E-state index contributed by atoms with van der Waals surface area (Å²) in [5.74, 6) is -0.631. The number of halogens is 2. The number of aliphatic hydroxyl groups is 1. The van der Waals surface area contributed by atoms with Gasteiger partial charge in [0.25, 0.3) is 0 Å². The van der Waals surface area contributed by atoms with Crippen LogP contribution < -0.4 is 15.4 Å². The number of nitrogens with zero attached hydrogens (tertiary/aromatic N) is 7. The van der Waals surface area contributed by atoms with Gasteiger partial charge in [0, 0.05) is 74.8 Å². The maximum atomic E-state index is 17.5. The predicted octanol–water partition coefficient (Wildman–Crippen LogP) is 3.80. The molecule has 3 N–H and O–H groups in total. The second kappa shape index (κ2) is 12.2. The zero-order chi connectivity index (χ0) is 34.3. The summed E-state index contributed by atoms with van der Waals surface area (Å²) in [6.45, 7) is 6.00. The second-order valence-electron chi connectivity index (χ2n) is 14.5. The molecule has 3 aromatic heterocycles. The Hall–Kier alpha value is -3.78. The Morgan fingerprint density at radius 2 is 1.86 bits per heavy atom. The van der Waals surface area contributed by atoms with Crippen molar-refractivity contribution in [2.45, 2.75) is 57.1 Å². The number of thiophene rings is 1. The van der Waals surface area contributed by atoms with Crippen LogP contribution in [0.4, 0.5) is 19.6 Å². The molecule has 5 aliphatic rings. The lowest BCUT2D eigenvalue weighted by atomic mass is 9.93. The molecule has 7 heterocycles.